The Bertz CT molecular complexity index is 1690. The maximum atomic E-state index is 14.7. The van der Waals surface area contributed by atoms with Crippen LogP contribution in [-0.2, 0) is 25.2 Å². The molecule has 0 radical (unpaired) electrons. The van der Waals surface area contributed by atoms with Crippen LogP contribution >= 0.6 is 34.5 Å². The van der Waals surface area contributed by atoms with Gasteiger partial charge in [0.05, 0.1) is 22.7 Å². The highest BCUT2D eigenvalue weighted by atomic mass is 35.5. The molecule has 2 amide bonds. The number of pyridine rings is 1. The van der Waals surface area contributed by atoms with E-state index in [1.807, 2.05) is 0 Å². The van der Waals surface area contributed by atoms with Gasteiger partial charge in [-0.1, -0.05) is 23.2 Å². The first-order valence-corrected chi connectivity index (χ1v) is 17.1. The second-order valence-corrected chi connectivity index (χ2v) is 15.1. The molecule has 2 saturated heterocycles. The molecule has 0 spiro atoms. The van der Waals surface area contributed by atoms with E-state index in [4.69, 9.17) is 32.7 Å². The average Bonchev–Trinajstić information content (AvgIpc) is 3.57. The van der Waals surface area contributed by atoms with E-state index in [9.17, 15) is 18.0 Å². The molecule has 11 nitrogen and oxygen atoms in total. The summed E-state index contributed by atoms with van der Waals surface area (Å²) in [7, 11) is -0.993. The number of thiophene rings is 1. The molecule has 5 heterocycles. The molecule has 6 rings (SSSR count). The van der Waals surface area contributed by atoms with Crippen LogP contribution in [0.15, 0.2) is 52.9 Å². The topological polar surface area (TPSA) is 113 Å². The number of halogens is 2. The Kier molecular flexibility index (Phi) is 8.54. The third-order valence-corrected chi connectivity index (χ3v) is 12.1. The number of piperidine rings is 1. The highest BCUT2D eigenvalue weighted by molar-refractivity contribution is 7.95. The van der Waals surface area contributed by atoms with Gasteiger partial charge in [0.15, 0.2) is 0 Å². The number of hydrogen-bond donors (Lipinski definition) is 0. The van der Waals surface area contributed by atoms with Crippen molar-refractivity contribution in [1.29, 1.82) is 0 Å². The molecule has 44 heavy (non-hydrogen) atoms. The molecule has 0 bridgehead atoms. The van der Waals surface area contributed by atoms with Crippen molar-refractivity contribution in [2.45, 2.75) is 28.7 Å². The summed E-state index contributed by atoms with van der Waals surface area (Å²) in [6.45, 7) is 4.15. The van der Waals surface area contributed by atoms with Crippen LogP contribution in [-0.4, -0.2) is 99.6 Å². The Balaban J connectivity index is 1.39. The Morgan fingerprint density at radius 1 is 1.02 bits per heavy atom. The number of hydrogen-bond acceptors (Lipinski definition) is 10. The normalized spacial score (nSPS) is 21.9. The van der Waals surface area contributed by atoms with Crippen LogP contribution in [0.2, 0.25) is 9.36 Å². The molecule has 2 fully saturated rings. The van der Waals surface area contributed by atoms with E-state index in [2.05, 4.69) is 21.8 Å². The fourth-order valence-electron chi connectivity index (χ4n) is 6.16. The number of rotatable bonds is 6. The zero-order valence-electron chi connectivity index (χ0n) is 24.1. The van der Waals surface area contributed by atoms with E-state index >= 15 is 0 Å². The fraction of sp³-hybridized carbons (Fsp3) is 0.414. The molecule has 3 aliphatic heterocycles. The molecule has 1 atom stereocenters. The second kappa shape index (κ2) is 12.1. The van der Waals surface area contributed by atoms with Gasteiger partial charge in [-0.3, -0.25) is 9.69 Å². The van der Waals surface area contributed by atoms with Gasteiger partial charge in [-0.2, -0.15) is 12.7 Å². The summed E-state index contributed by atoms with van der Waals surface area (Å²) in [5, 5.41) is 0.213. The van der Waals surface area contributed by atoms with Gasteiger partial charge in [-0.15, -0.1) is 11.3 Å². The highest BCUT2D eigenvalue weighted by Gasteiger charge is 2.61. The Morgan fingerprint density at radius 3 is 2.41 bits per heavy atom. The van der Waals surface area contributed by atoms with Gasteiger partial charge in [0.25, 0.3) is 21.5 Å². The van der Waals surface area contributed by atoms with Crippen molar-refractivity contribution in [3.8, 4) is 5.88 Å². The Hall–Kier alpha value is -2.94. The lowest BCUT2D eigenvalue weighted by molar-refractivity contribution is -0.132. The van der Waals surface area contributed by atoms with Gasteiger partial charge < -0.3 is 19.3 Å². The molecular weight excluding hydrogens is 649 g/mol. The molecule has 1 unspecified atom stereocenters. The van der Waals surface area contributed by atoms with Crippen LogP contribution in [0.25, 0.3) is 0 Å². The summed E-state index contributed by atoms with van der Waals surface area (Å²) in [5.74, 6) is -1.03. The first-order chi connectivity index (χ1) is 21.1. The molecule has 0 N–H and O–H groups in total. The number of methoxy groups -OCH3 is 1. The third kappa shape index (κ3) is 5.33. The molecule has 234 valence electrons. The number of anilines is 1. The van der Waals surface area contributed by atoms with Gasteiger partial charge in [-0.05, 0) is 75.4 Å². The van der Waals surface area contributed by atoms with Crippen LogP contribution in [0.5, 0.6) is 5.88 Å². The number of piperazine rings is 1. The van der Waals surface area contributed by atoms with Crippen molar-refractivity contribution >= 4 is 62.2 Å². The molecule has 0 saturated carbocycles. The van der Waals surface area contributed by atoms with E-state index in [0.29, 0.717) is 36.5 Å². The minimum Gasteiger partial charge on any atom is -0.481 e. The van der Waals surface area contributed by atoms with Crippen LogP contribution in [0, 0.1) is 0 Å². The van der Waals surface area contributed by atoms with Gasteiger partial charge in [0.2, 0.25) is 5.88 Å². The second-order valence-electron chi connectivity index (χ2n) is 11.0. The first kappa shape index (κ1) is 31.1. The van der Waals surface area contributed by atoms with Gasteiger partial charge in [-0.25, -0.2) is 9.78 Å². The maximum Gasteiger partial charge on any atom is 0.411 e. The number of fused-ring (bicyclic) bond motifs is 1. The largest absolute Gasteiger partial charge is 0.481 e. The number of amides is 2. The maximum absolute atomic E-state index is 14.7. The number of carbonyl (C=O) groups excluding carboxylic acids is 2. The Morgan fingerprint density at radius 2 is 1.75 bits per heavy atom. The average molecular weight is 681 g/mol. The minimum absolute atomic E-state index is 0.00489. The van der Waals surface area contributed by atoms with Gasteiger partial charge in [0.1, 0.15) is 4.21 Å². The number of ether oxygens (including phenoxy) is 2. The number of benzene rings is 1. The molecular formula is C29H31Cl2N5O6S2. The summed E-state index contributed by atoms with van der Waals surface area (Å²) in [4.78, 5) is 39.2. The molecule has 2 aromatic heterocycles. The summed E-state index contributed by atoms with van der Waals surface area (Å²) in [6.07, 6.45) is 2.82. The van der Waals surface area contributed by atoms with Crippen molar-refractivity contribution in [2.75, 3.05) is 57.7 Å². The predicted molar refractivity (Wildman–Crippen MR) is 167 cm³/mol. The number of aromatic nitrogens is 1. The summed E-state index contributed by atoms with van der Waals surface area (Å²) in [6, 6.07) is 10.6. The van der Waals surface area contributed by atoms with E-state index in [-0.39, 0.29) is 36.3 Å². The van der Waals surface area contributed by atoms with Crippen LogP contribution in [0.3, 0.4) is 0 Å². The predicted octanol–water partition coefficient (Wildman–Crippen LogP) is 4.29. The van der Waals surface area contributed by atoms with Gasteiger partial charge >= 0.3 is 6.09 Å². The number of sulfonamides is 1. The third-order valence-electron chi connectivity index (χ3n) is 8.45. The first-order valence-electron chi connectivity index (χ1n) is 14.1. The smallest absolute Gasteiger partial charge is 0.411 e. The van der Waals surface area contributed by atoms with Crippen molar-refractivity contribution in [3.63, 3.8) is 0 Å². The quantitative estimate of drug-likeness (QED) is 0.377. The monoisotopic (exact) mass is 679 g/mol. The Labute approximate surface area is 269 Å². The minimum atomic E-state index is -4.48. The SMILES string of the molecule is COc1ncccc1C1(OC(=O)N2CCN(C3CCN(C)CC3)CC2)C(=O)N(S(=O)(=O)c2ccc(Cl)s2)c2ccc(Cl)cc21. The van der Waals surface area contributed by atoms with E-state index < -0.39 is 27.6 Å². The van der Waals surface area contributed by atoms with Crippen LogP contribution in [0.1, 0.15) is 24.0 Å². The molecule has 1 aromatic carbocycles. The lowest BCUT2D eigenvalue weighted by Gasteiger charge is -2.42. The van der Waals surface area contributed by atoms with E-state index in [1.54, 1.807) is 11.0 Å². The fourth-order valence-corrected chi connectivity index (χ4v) is 9.35. The molecule has 3 aromatic rings. The summed E-state index contributed by atoms with van der Waals surface area (Å²) >= 11 is 13.3. The van der Waals surface area contributed by atoms with Crippen molar-refractivity contribution < 1.29 is 27.5 Å². The number of likely N-dealkylation sites (tertiary alicyclic amines) is 1. The van der Waals surface area contributed by atoms with E-state index in [0.717, 1.165) is 37.3 Å². The zero-order chi connectivity index (χ0) is 31.2. The lowest BCUT2D eigenvalue weighted by atomic mass is 9.87. The van der Waals surface area contributed by atoms with Crippen molar-refractivity contribution in [2.24, 2.45) is 0 Å². The molecule has 15 heteroatoms. The molecule has 0 aliphatic carbocycles. The van der Waals surface area contributed by atoms with Crippen LogP contribution < -0.4 is 9.04 Å². The zero-order valence-corrected chi connectivity index (χ0v) is 27.3. The highest BCUT2D eigenvalue weighted by Crippen LogP contribution is 2.52. The van der Waals surface area contributed by atoms with Crippen LogP contribution in [0.4, 0.5) is 10.5 Å². The van der Waals surface area contributed by atoms with Crippen molar-refractivity contribution in [1.82, 2.24) is 19.7 Å². The van der Waals surface area contributed by atoms with E-state index in [1.165, 1.54) is 49.7 Å². The summed E-state index contributed by atoms with van der Waals surface area (Å²) in [5.41, 5.74) is -2.13. The molecule has 3 aliphatic rings. The standard InChI is InChI=1S/C29H31Cl2N5O6S2/c1-33-12-9-20(10-13-33)34-14-16-35(17-15-34)28(38)42-29(21-4-3-11-32-26(21)41-2)22-18-19(30)5-6-23(22)36(27(29)37)44(39,40)25-8-7-24(31)43-25/h3-8,11,18,20H,9-10,12-17H2,1-2H3. The summed E-state index contributed by atoms with van der Waals surface area (Å²) < 4.78 is 40.4. The van der Waals surface area contributed by atoms with Gasteiger partial charge in [0, 0.05) is 49.0 Å². The lowest BCUT2D eigenvalue weighted by Crippen LogP contribution is -2.55. The number of nitrogens with zero attached hydrogens (tertiary/aromatic N) is 5. The number of carbonyl (C=O) groups is 2. The van der Waals surface area contributed by atoms with Crippen molar-refractivity contribution in [3.05, 3.63) is 69.1 Å².